The molecule has 0 aliphatic rings. The van der Waals surface area contributed by atoms with E-state index in [1.807, 2.05) is 0 Å². The van der Waals surface area contributed by atoms with Crippen molar-refractivity contribution in [2.45, 2.75) is 31.3 Å². The van der Waals surface area contributed by atoms with Crippen molar-refractivity contribution in [3.05, 3.63) is 65.2 Å². The summed E-state index contributed by atoms with van der Waals surface area (Å²) in [6.07, 6.45) is 1.05. The van der Waals surface area contributed by atoms with Gasteiger partial charge in [-0.05, 0) is 35.2 Å². The number of primary sulfonamides is 1. The lowest BCUT2D eigenvalue weighted by Gasteiger charge is -2.07. The van der Waals surface area contributed by atoms with Crippen LogP contribution in [-0.2, 0) is 29.5 Å². The summed E-state index contributed by atoms with van der Waals surface area (Å²) < 4.78 is 22.3. The number of sulfonamides is 1. The highest BCUT2D eigenvalue weighted by Crippen LogP contribution is 2.09. The maximum absolute atomic E-state index is 11.2. The van der Waals surface area contributed by atoms with Gasteiger partial charge in [-0.2, -0.15) is 0 Å². The molecule has 0 bridgehead atoms. The minimum Gasteiger partial charge on any atom is -0.309 e. The highest BCUT2D eigenvalue weighted by atomic mass is 32.2. The summed E-state index contributed by atoms with van der Waals surface area (Å²) in [5.74, 6) is 0. The molecule has 0 aliphatic carbocycles. The summed E-state index contributed by atoms with van der Waals surface area (Å²) >= 11 is 0. The van der Waals surface area contributed by atoms with Gasteiger partial charge in [-0.25, -0.2) is 13.6 Å². The van der Waals surface area contributed by atoms with E-state index in [0.717, 1.165) is 18.5 Å². The summed E-state index contributed by atoms with van der Waals surface area (Å²) in [4.78, 5) is 0.140. The predicted octanol–water partition coefficient (Wildman–Crippen LogP) is 2.19. The Morgan fingerprint density at radius 2 is 1.29 bits per heavy atom. The van der Waals surface area contributed by atoms with Crippen LogP contribution < -0.4 is 10.5 Å². The molecule has 0 saturated carbocycles. The Morgan fingerprint density at radius 1 is 0.857 bits per heavy atom. The van der Waals surface area contributed by atoms with Crippen molar-refractivity contribution in [3.63, 3.8) is 0 Å². The smallest absolute Gasteiger partial charge is 0.238 e. The number of aryl methyl sites for hydroxylation is 1. The van der Waals surface area contributed by atoms with Crippen LogP contribution in [0.1, 0.15) is 23.6 Å². The molecule has 21 heavy (non-hydrogen) atoms. The summed E-state index contributed by atoms with van der Waals surface area (Å²) in [6, 6.07) is 15.1. The van der Waals surface area contributed by atoms with Gasteiger partial charge >= 0.3 is 0 Å². The van der Waals surface area contributed by atoms with E-state index in [4.69, 9.17) is 5.14 Å². The first-order valence-corrected chi connectivity index (χ1v) is 8.44. The van der Waals surface area contributed by atoms with Crippen molar-refractivity contribution >= 4 is 10.0 Å². The third-order valence-corrected chi connectivity index (χ3v) is 4.27. The number of hydrogen-bond acceptors (Lipinski definition) is 3. The minimum atomic E-state index is -3.61. The molecule has 0 saturated heterocycles. The highest BCUT2D eigenvalue weighted by Gasteiger charge is 2.06. The largest absolute Gasteiger partial charge is 0.309 e. The van der Waals surface area contributed by atoms with Crippen molar-refractivity contribution in [3.8, 4) is 0 Å². The monoisotopic (exact) mass is 304 g/mol. The van der Waals surface area contributed by atoms with E-state index < -0.39 is 10.0 Å². The molecule has 0 unspecified atom stereocenters. The van der Waals surface area contributed by atoms with Crippen LogP contribution in [0.15, 0.2) is 53.4 Å². The van der Waals surface area contributed by atoms with Gasteiger partial charge in [0, 0.05) is 13.1 Å². The van der Waals surface area contributed by atoms with Gasteiger partial charge in [0.2, 0.25) is 10.0 Å². The molecule has 2 rings (SSSR count). The number of rotatable bonds is 6. The van der Waals surface area contributed by atoms with Crippen molar-refractivity contribution in [1.29, 1.82) is 0 Å². The first-order chi connectivity index (χ1) is 9.99. The SMILES string of the molecule is CCc1ccc(CNCc2ccc(S(N)(=O)=O)cc2)cc1. The van der Waals surface area contributed by atoms with Gasteiger partial charge in [-0.3, -0.25) is 0 Å². The molecule has 0 radical (unpaired) electrons. The molecule has 0 atom stereocenters. The average molecular weight is 304 g/mol. The zero-order valence-electron chi connectivity index (χ0n) is 12.0. The third kappa shape index (κ3) is 4.67. The molecule has 0 aromatic heterocycles. The van der Waals surface area contributed by atoms with E-state index >= 15 is 0 Å². The number of hydrogen-bond donors (Lipinski definition) is 2. The number of nitrogens with two attached hydrogens (primary N) is 1. The fourth-order valence-electron chi connectivity index (χ4n) is 2.04. The van der Waals surface area contributed by atoms with Gasteiger partial charge in [-0.1, -0.05) is 43.3 Å². The molecule has 0 amide bonds. The van der Waals surface area contributed by atoms with Crippen LogP contribution in [0, 0.1) is 0 Å². The Hall–Kier alpha value is -1.69. The zero-order valence-corrected chi connectivity index (χ0v) is 12.9. The second kappa shape index (κ2) is 6.85. The summed E-state index contributed by atoms with van der Waals surface area (Å²) in [5, 5.41) is 8.40. The fraction of sp³-hybridized carbons (Fsp3) is 0.250. The number of benzene rings is 2. The van der Waals surface area contributed by atoms with E-state index in [-0.39, 0.29) is 4.90 Å². The minimum absolute atomic E-state index is 0.140. The van der Waals surface area contributed by atoms with Gasteiger partial charge in [0.25, 0.3) is 0 Å². The van der Waals surface area contributed by atoms with Crippen molar-refractivity contribution in [2.24, 2.45) is 5.14 Å². The van der Waals surface area contributed by atoms with Gasteiger partial charge < -0.3 is 5.32 Å². The van der Waals surface area contributed by atoms with E-state index in [0.29, 0.717) is 6.54 Å². The summed E-state index contributed by atoms with van der Waals surface area (Å²) in [6.45, 7) is 3.60. The van der Waals surface area contributed by atoms with E-state index in [9.17, 15) is 8.42 Å². The Bertz CT molecular complexity index is 677. The van der Waals surface area contributed by atoms with Gasteiger partial charge in [0.15, 0.2) is 0 Å². The van der Waals surface area contributed by atoms with Crippen LogP contribution in [0.4, 0.5) is 0 Å². The van der Waals surface area contributed by atoms with E-state index in [1.54, 1.807) is 12.1 Å². The Morgan fingerprint density at radius 3 is 1.71 bits per heavy atom. The van der Waals surface area contributed by atoms with Crippen molar-refractivity contribution < 1.29 is 8.42 Å². The first kappa shape index (κ1) is 15.7. The molecule has 4 nitrogen and oxygen atoms in total. The van der Waals surface area contributed by atoms with Crippen molar-refractivity contribution in [2.75, 3.05) is 0 Å². The normalized spacial score (nSPS) is 11.5. The predicted molar refractivity (Wildman–Crippen MR) is 84.2 cm³/mol. The van der Waals surface area contributed by atoms with Crippen LogP contribution in [0.2, 0.25) is 0 Å². The van der Waals surface area contributed by atoms with Crippen LogP contribution in [0.5, 0.6) is 0 Å². The maximum atomic E-state index is 11.2. The second-order valence-electron chi connectivity index (χ2n) is 4.96. The molecule has 5 heteroatoms. The first-order valence-electron chi connectivity index (χ1n) is 6.89. The molecular weight excluding hydrogens is 284 g/mol. The highest BCUT2D eigenvalue weighted by molar-refractivity contribution is 7.89. The van der Waals surface area contributed by atoms with Crippen LogP contribution in [0.25, 0.3) is 0 Å². The maximum Gasteiger partial charge on any atom is 0.238 e. The average Bonchev–Trinajstić information content (AvgIpc) is 2.47. The Labute approximate surface area is 126 Å². The standard InChI is InChI=1S/C16H20N2O2S/c1-2-13-3-5-14(6-4-13)11-18-12-15-7-9-16(10-8-15)21(17,19)20/h3-10,18H,2,11-12H2,1H3,(H2,17,19,20). The third-order valence-electron chi connectivity index (χ3n) is 3.34. The fourth-order valence-corrected chi connectivity index (χ4v) is 2.56. The second-order valence-corrected chi connectivity index (χ2v) is 6.52. The van der Waals surface area contributed by atoms with Crippen LogP contribution >= 0.6 is 0 Å². The molecule has 3 N–H and O–H groups in total. The van der Waals surface area contributed by atoms with E-state index in [1.165, 1.54) is 23.3 Å². The Balaban J connectivity index is 1.88. The topological polar surface area (TPSA) is 72.2 Å². The molecule has 0 fully saturated rings. The molecule has 0 aliphatic heterocycles. The molecule has 112 valence electrons. The number of nitrogens with one attached hydrogen (secondary N) is 1. The molecule has 0 spiro atoms. The van der Waals surface area contributed by atoms with Gasteiger partial charge in [-0.15, -0.1) is 0 Å². The zero-order chi connectivity index (χ0) is 15.3. The van der Waals surface area contributed by atoms with Crippen LogP contribution in [0.3, 0.4) is 0 Å². The van der Waals surface area contributed by atoms with Crippen LogP contribution in [-0.4, -0.2) is 8.42 Å². The molecular formula is C16H20N2O2S. The quantitative estimate of drug-likeness (QED) is 0.859. The summed E-state index contributed by atoms with van der Waals surface area (Å²) in [5.41, 5.74) is 3.58. The van der Waals surface area contributed by atoms with Crippen molar-refractivity contribution in [1.82, 2.24) is 5.32 Å². The molecule has 2 aromatic rings. The molecule has 2 aromatic carbocycles. The lowest BCUT2D eigenvalue weighted by atomic mass is 10.1. The molecule has 0 heterocycles. The Kier molecular flexibility index (Phi) is 5.12. The van der Waals surface area contributed by atoms with Gasteiger partial charge in [0.1, 0.15) is 0 Å². The lowest BCUT2D eigenvalue weighted by Crippen LogP contribution is -2.14. The lowest BCUT2D eigenvalue weighted by molar-refractivity contribution is 0.597. The van der Waals surface area contributed by atoms with Gasteiger partial charge in [0.05, 0.1) is 4.90 Å². The van der Waals surface area contributed by atoms with E-state index in [2.05, 4.69) is 36.5 Å². The summed E-state index contributed by atoms with van der Waals surface area (Å²) in [7, 11) is -3.61.